The van der Waals surface area contributed by atoms with Crippen molar-refractivity contribution in [1.29, 1.82) is 0 Å². The molecule has 0 spiro atoms. The Balaban J connectivity index is 2.51. The van der Waals surface area contributed by atoms with Crippen LogP contribution in [0.15, 0.2) is 9.85 Å². The number of methoxy groups -OCH3 is 1. The SMILES string of the molecule is COCC(NCc1cc(C)c(Br)s1)C(N)=O. The molecule has 1 aromatic heterocycles. The maximum atomic E-state index is 11.1. The molecule has 1 atom stereocenters. The fourth-order valence-corrected chi connectivity index (χ4v) is 2.82. The van der Waals surface area contributed by atoms with Gasteiger partial charge in [0.05, 0.1) is 10.4 Å². The molecular weight excluding hydrogens is 292 g/mol. The normalized spacial score (nSPS) is 12.7. The summed E-state index contributed by atoms with van der Waals surface area (Å²) in [5, 5.41) is 3.07. The number of carbonyl (C=O) groups excluding carboxylic acids is 1. The van der Waals surface area contributed by atoms with E-state index in [2.05, 4.69) is 27.3 Å². The van der Waals surface area contributed by atoms with Gasteiger partial charge in [-0.05, 0) is 34.5 Å². The van der Waals surface area contributed by atoms with Crippen molar-refractivity contribution >= 4 is 33.2 Å². The van der Waals surface area contributed by atoms with Gasteiger partial charge in [0, 0.05) is 18.5 Å². The first-order valence-corrected chi connectivity index (χ1v) is 6.42. The van der Waals surface area contributed by atoms with E-state index >= 15 is 0 Å². The average molecular weight is 307 g/mol. The Morgan fingerprint density at radius 2 is 2.44 bits per heavy atom. The van der Waals surface area contributed by atoms with Gasteiger partial charge < -0.3 is 10.5 Å². The van der Waals surface area contributed by atoms with E-state index in [1.54, 1.807) is 18.4 Å². The lowest BCUT2D eigenvalue weighted by Gasteiger charge is -2.13. The second-order valence-corrected chi connectivity index (χ2v) is 5.92. The van der Waals surface area contributed by atoms with E-state index < -0.39 is 11.9 Å². The van der Waals surface area contributed by atoms with Crippen LogP contribution < -0.4 is 11.1 Å². The number of carbonyl (C=O) groups is 1. The summed E-state index contributed by atoms with van der Waals surface area (Å²) in [4.78, 5) is 12.2. The maximum Gasteiger partial charge on any atom is 0.236 e. The molecule has 4 nitrogen and oxygen atoms in total. The number of thiophene rings is 1. The highest BCUT2D eigenvalue weighted by atomic mass is 79.9. The molecule has 1 aromatic rings. The van der Waals surface area contributed by atoms with Gasteiger partial charge in [-0.3, -0.25) is 10.1 Å². The van der Waals surface area contributed by atoms with E-state index in [1.807, 2.05) is 6.92 Å². The fourth-order valence-electron chi connectivity index (χ4n) is 1.24. The maximum absolute atomic E-state index is 11.1. The van der Waals surface area contributed by atoms with Crippen LogP contribution in [0.1, 0.15) is 10.4 Å². The number of halogens is 1. The molecule has 0 aromatic carbocycles. The summed E-state index contributed by atoms with van der Waals surface area (Å²) in [6, 6.07) is 1.64. The van der Waals surface area contributed by atoms with Crippen LogP contribution in [0.5, 0.6) is 0 Å². The lowest BCUT2D eigenvalue weighted by Crippen LogP contribution is -2.43. The Morgan fingerprint density at radius 3 is 2.88 bits per heavy atom. The van der Waals surface area contributed by atoms with Crippen LogP contribution in [-0.2, 0) is 16.1 Å². The third-order valence-electron chi connectivity index (χ3n) is 2.11. The Morgan fingerprint density at radius 1 is 1.75 bits per heavy atom. The summed E-state index contributed by atoms with van der Waals surface area (Å²) in [6.45, 7) is 2.94. The zero-order chi connectivity index (χ0) is 12.1. The topological polar surface area (TPSA) is 64.3 Å². The van der Waals surface area contributed by atoms with Crippen molar-refractivity contribution in [3.63, 3.8) is 0 Å². The van der Waals surface area contributed by atoms with E-state index in [0.29, 0.717) is 13.2 Å². The number of primary amides is 1. The average Bonchev–Trinajstić information content (AvgIpc) is 2.53. The summed E-state index contributed by atoms with van der Waals surface area (Å²) in [6.07, 6.45) is 0. The van der Waals surface area contributed by atoms with Crippen molar-refractivity contribution in [3.8, 4) is 0 Å². The number of rotatable bonds is 6. The van der Waals surface area contributed by atoms with Crippen molar-refractivity contribution in [3.05, 3.63) is 20.3 Å². The second kappa shape index (κ2) is 6.34. The standard InChI is InChI=1S/C10H15BrN2O2S/c1-6-3-7(16-9(6)11)4-13-8(5-15-2)10(12)14/h3,8,13H,4-5H2,1-2H3,(H2,12,14). The number of aryl methyl sites for hydroxylation is 1. The molecule has 0 aliphatic rings. The number of nitrogens with two attached hydrogens (primary N) is 1. The van der Waals surface area contributed by atoms with Gasteiger partial charge in [-0.25, -0.2) is 0 Å². The molecule has 0 aliphatic carbocycles. The van der Waals surface area contributed by atoms with Crippen molar-refractivity contribution in [2.24, 2.45) is 5.73 Å². The molecule has 1 rings (SSSR count). The first-order chi connectivity index (χ1) is 7.54. The zero-order valence-corrected chi connectivity index (χ0v) is 11.7. The molecule has 0 bridgehead atoms. The van der Waals surface area contributed by atoms with E-state index in [-0.39, 0.29) is 0 Å². The Bertz CT molecular complexity index is 348. The molecule has 6 heteroatoms. The number of ether oxygens (including phenoxy) is 1. The number of hydrogen-bond donors (Lipinski definition) is 2. The third-order valence-corrected chi connectivity index (χ3v) is 4.24. The lowest BCUT2D eigenvalue weighted by molar-refractivity contribution is -0.121. The second-order valence-electron chi connectivity index (χ2n) is 3.46. The van der Waals surface area contributed by atoms with Crippen LogP contribution >= 0.6 is 27.3 Å². The van der Waals surface area contributed by atoms with Crippen molar-refractivity contribution in [2.75, 3.05) is 13.7 Å². The highest BCUT2D eigenvalue weighted by Crippen LogP contribution is 2.27. The van der Waals surface area contributed by atoms with E-state index in [9.17, 15) is 4.79 Å². The molecule has 0 aliphatic heterocycles. The largest absolute Gasteiger partial charge is 0.383 e. The van der Waals surface area contributed by atoms with Crippen molar-refractivity contribution < 1.29 is 9.53 Å². The smallest absolute Gasteiger partial charge is 0.236 e. The third kappa shape index (κ3) is 3.86. The minimum Gasteiger partial charge on any atom is -0.383 e. The van der Waals surface area contributed by atoms with Crippen LogP contribution in [0.25, 0.3) is 0 Å². The summed E-state index contributed by atoms with van der Waals surface area (Å²) in [5.41, 5.74) is 6.43. The minimum absolute atomic E-state index is 0.293. The van der Waals surface area contributed by atoms with Gasteiger partial charge in [0.1, 0.15) is 6.04 Å². The molecule has 0 saturated heterocycles. The van der Waals surface area contributed by atoms with Gasteiger partial charge in [0.25, 0.3) is 0 Å². The highest BCUT2D eigenvalue weighted by Gasteiger charge is 2.14. The fraction of sp³-hybridized carbons (Fsp3) is 0.500. The first-order valence-electron chi connectivity index (χ1n) is 4.81. The predicted molar refractivity (Wildman–Crippen MR) is 68.5 cm³/mol. The van der Waals surface area contributed by atoms with E-state index in [1.165, 1.54) is 5.56 Å². The minimum atomic E-state index is -0.439. The Hall–Kier alpha value is -0.430. The zero-order valence-electron chi connectivity index (χ0n) is 9.25. The molecule has 16 heavy (non-hydrogen) atoms. The number of hydrogen-bond acceptors (Lipinski definition) is 4. The Kier molecular flexibility index (Phi) is 5.40. The summed E-state index contributed by atoms with van der Waals surface area (Å²) >= 11 is 5.10. The van der Waals surface area contributed by atoms with Crippen LogP contribution in [-0.4, -0.2) is 25.7 Å². The molecule has 1 heterocycles. The van der Waals surface area contributed by atoms with Crippen molar-refractivity contribution in [2.45, 2.75) is 19.5 Å². The molecule has 1 unspecified atom stereocenters. The van der Waals surface area contributed by atoms with Gasteiger partial charge in [-0.1, -0.05) is 0 Å². The summed E-state index contributed by atoms with van der Waals surface area (Å²) in [7, 11) is 1.55. The van der Waals surface area contributed by atoms with Crippen LogP contribution in [0.3, 0.4) is 0 Å². The predicted octanol–water partition coefficient (Wildman–Crippen LogP) is 1.41. The number of nitrogens with one attached hydrogen (secondary N) is 1. The molecular formula is C10H15BrN2O2S. The van der Waals surface area contributed by atoms with Gasteiger partial charge in [-0.15, -0.1) is 11.3 Å². The van der Waals surface area contributed by atoms with Gasteiger partial charge in [0.2, 0.25) is 5.91 Å². The summed E-state index contributed by atoms with van der Waals surface area (Å²) < 4.78 is 6.03. The van der Waals surface area contributed by atoms with Gasteiger partial charge in [-0.2, -0.15) is 0 Å². The number of amides is 1. The van der Waals surface area contributed by atoms with Crippen molar-refractivity contribution in [1.82, 2.24) is 5.32 Å². The van der Waals surface area contributed by atoms with Crippen LogP contribution in [0.2, 0.25) is 0 Å². The molecule has 0 radical (unpaired) electrons. The van der Waals surface area contributed by atoms with Crippen LogP contribution in [0, 0.1) is 6.92 Å². The molecule has 0 fully saturated rings. The molecule has 3 N–H and O–H groups in total. The Labute approximate surface area is 107 Å². The quantitative estimate of drug-likeness (QED) is 0.835. The van der Waals surface area contributed by atoms with Gasteiger partial charge >= 0.3 is 0 Å². The monoisotopic (exact) mass is 306 g/mol. The summed E-state index contributed by atoms with van der Waals surface area (Å²) in [5.74, 6) is -0.394. The van der Waals surface area contributed by atoms with Crippen LogP contribution in [0.4, 0.5) is 0 Å². The molecule has 90 valence electrons. The molecule has 0 saturated carbocycles. The lowest BCUT2D eigenvalue weighted by atomic mass is 10.3. The highest BCUT2D eigenvalue weighted by molar-refractivity contribution is 9.11. The first kappa shape index (κ1) is 13.6. The molecule has 1 amide bonds. The van der Waals surface area contributed by atoms with Gasteiger partial charge in [0.15, 0.2) is 0 Å². The van der Waals surface area contributed by atoms with E-state index in [4.69, 9.17) is 10.5 Å². The van der Waals surface area contributed by atoms with E-state index in [0.717, 1.165) is 8.66 Å².